The van der Waals surface area contributed by atoms with Gasteiger partial charge in [0.15, 0.2) is 23.0 Å². The second kappa shape index (κ2) is 6.72. The normalized spacial score (nSPS) is 20.6. The predicted octanol–water partition coefficient (Wildman–Crippen LogP) is 3.38. The monoisotopic (exact) mass is 358 g/mol. The molecule has 2 aromatic rings. The van der Waals surface area contributed by atoms with Crippen molar-refractivity contribution < 1.29 is 23.1 Å². The number of nitrogens with zero attached hydrogens (tertiary/aromatic N) is 1. The van der Waals surface area contributed by atoms with Crippen molar-refractivity contribution in [2.24, 2.45) is 0 Å². The number of hydrogen-bond acceptors (Lipinski definition) is 5. The van der Waals surface area contributed by atoms with Crippen molar-refractivity contribution in [2.45, 2.75) is 25.4 Å². The predicted molar refractivity (Wildman–Crippen MR) is 99.7 cm³/mol. The zero-order valence-corrected chi connectivity index (χ0v) is 15.3. The van der Waals surface area contributed by atoms with E-state index in [1.165, 1.54) is 18.2 Å². The van der Waals surface area contributed by atoms with E-state index in [9.17, 15) is 0 Å². The number of ether oxygens (including phenoxy) is 4. The smallest absolute Gasteiger partial charge is 0.165 e. The van der Waals surface area contributed by atoms with Crippen molar-refractivity contribution in [3.63, 3.8) is 0 Å². The van der Waals surface area contributed by atoms with E-state index in [1.54, 1.807) is 20.3 Å². The van der Waals surface area contributed by atoms with Gasteiger partial charge in [0.2, 0.25) is 0 Å². The molecule has 0 aromatic heterocycles. The summed E-state index contributed by atoms with van der Waals surface area (Å²) in [6, 6.07) is 8.12. The first-order chi connectivity index (χ1) is 13.8. The van der Waals surface area contributed by atoms with E-state index in [-0.39, 0.29) is 6.04 Å². The Labute approximate surface area is 158 Å². The van der Waals surface area contributed by atoms with E-state index in [2.05, 4.69) is 17.0 Å². The Bertz CT molecular complexity index is 929. The summed E-state index contributed by atoms with van der Waals surface area (Å²) in [6.45, 7) is 1.48. The minimum atomic E-state index is -2.53. The molecule has 0 radical (unpaired) electrons. The summed E-state index contributed by atoms with van der Waals surface area (Å²) in [6.07, 6.45) is 1.65. The minimum absolute atomic E-state index is 0.195. The molecule has 0 aliphatic carbocycles. The fourth-order valence-electron chi connectivity index (χ4n) is 4.20. The molecule has 0 amide bonds. The van der Waals surface area contributed by atoms with Crippen LogP contribution in [0.3, 0.4) is 0 Å². The van der Waals surface area contributed by atoms with Crippen LogP contribution >= 0.6 is 0 Å². The largest absolute Gasteiger partial charge is 0.493 e. The number of rotatable bonds is 4. The number of benzene rings is 2. The van der Waals surface area contributed by atoms with Crippen LogP contribution in [0.1, 0.15) is 32.4 Å². The van der Waals surface area contributed by atoms with Crippen molar-refractivity contribution in [1.29, 1.82) is 0 Å². The van der Waals surface area contributed by atoms with E-state index in [0.29, 0.717) is 18.0 Å². The molecule has 0 bridgehead atoms. The summed E-state index contributed by atoms with van der Waals surface area (Å²) < 4.78 is 44.3. The average Bonchev–Trinajstić information content (AvgIpc) is 2.70. The van der Waals surface area contributed by atoms with E-state index in [1.807, 2.05) is 6.07 Å². The zero-order chi connectivity index (χ0) is 20.8. The van der Waals surface area contributed by atoms with Gasteiger partial charge in [0.1, 0.15) is 0 Å². The zero-order valence-electron chi connectivity index (χ0n) is 18.3. The highest BCUT2D eigenvalue weighted by Crippen LogP contribution is 2.45. The molecule has 5 heteroatoms. The molecule has 26 heavy (non-hydrogen) atoms. The molecule has 1 atom stereocenters. The Morgan fingerprint density at radius 1 is 0.962 bits per heavy atom. The first-order valence-electron chi connectivity index (χ1n) is 10.2. The Balaban J connectivity index is 1.75. The molecule has 0 fully saturated rings. The van der Waals surface area contributed by atoms with E-state index in [0.717, 1.165) is 42.0 Å². The van der Waals surface area contributed by atoms with Gasteiger partial charge in [0, 0.05) is 24.7 Å². The fraction of sp³-hybridized carbons (Fsp3) is 0.429. The fourth-order valence-corrected chi connectivity index (χ4v) is 4.20. The lowest BCUT2D eigenvalue weighted by Gasteiger charge is -2.42. The molecular formula is C21H25NO4. The Morgan fingerprint density at radius 2 is 1.73 bits per heavy atom. The molecule has 0 saturated heterocycles. The summed E-state index contributed by atoms with van der Waals surface area (Å²) in [7, 11) is 2.29. The molecule has 5 nitrogen and oxygen atoms in total. The molecule has 2 aromatic carbocycles. The van der Waals surface area contributed by atoms with Crippen LogP contribution in [0.25, 0.3) is 0 Å². The lowest BCUT2D eigenvalue weighted by molar-refractivity contribution is 0.157. The Morgan fingerprint density at radius 3 is 2.46 bits per heavy atom. The second-order valence-corrected chi connectivity index (χ2v) is 6.68. The van der Waals surface area contributed by atoms with E-state index < -0.39 is 7.04 Å². The molecule has 138 valence electrons. The van der Waals surface area contributed by atoms with Gasteiger partial charge >= 0.3 is 0 Å². The molecule has 0 saturated carbocycles. The van der Waals surface area contributed by atoms with Crippen LogP contribution in [0.2, 0.25) is 0 Å². The van der Waals surface area contributed by atoms with Crippen LogP contribution in [0.15, 0.2) is 24.3 Å². The maximum Gasteiger partial charge on any atom is 0.165 e. The minimum Gasteiger partial charge on any atom is -0.493 e. The molecule has 4 rings (SSSR count). The van der Waals surface area contributed by atoms with E-state index in [4.69, 9.17) is 23.1 Å². The second-order valence-electron chi connectivity index (χ2n) is 6.68. The Hall–Kier alpha value is -2.40. The summed E-state index contributed by atoms with van der Waals surface area (Å²) >= 11 is 0. The van der Waals surface area contributed by atoms with Crippen molar-refractivity contribution >= 4 is 0 Å². The summed E-state index contributed by atoms with van der Waals surface area (Å²) in [4.78, 5) is 2.36. The molecule has 2 aliphatic heterocycles. The summed E-state index contributed by atoms with van der Waals surface area (Å²) in [5.41, 5.74) is 4.46. The van der Waals surface area contributed by atoms with Crippen LogP contribution in [0.4, 0.5) is 0 Å². The first kappa shape index (κ1) is 13.8. The summed E-state index contributed by atoms with van der Waals surface area (Å²) in [5, 5.41) is 0. The highest BCUT2D eigenvalue weighted by molar-refractivity contribution is 5.54. The maximum absolute atomic E-state index is 7.54. The van der Waals surface area contributed by atoms with Crippen LogP contribution < -0.4 is 18.9 Å². The standard InChI is InChI=1S/C21H25NO4/c1-23-18-6-5-13-9-17-15-11-20(25-3)19(24-2)10-14(15)7-8-22(17)12-16(13)21(18)26-4/h5-6,10-11,17H,7-9,12H2,1-4H3/t17-/m0/s1/i4D3. The van der Waals surface area contributed by atoms with Crippen LogP contribution in [0.5, 0.6) is 23.0 Å². The third-order valence-corrected chi connectivity index (χ3v) is 5.53. The number of methoxy groups -OCH3 is 4. The van der Waals surface area contributed by atoms with Crippen molar-refractivity contribution in [1.82, 2.24) is 4.90 Å². The SMILES string of the molecule is [2H]C([2H])([2H])Oc1c(OC)ccc2c1CN1CCc3cc(OC)c(OC)cc3[C@@H]1C2. The molecule has 2 aliphatic rings. The molecule has 0 spiro atoms. The Kier molecular flexibility index (Phi) is 3.56. The first-order valence-corrected chi connectivity index (χ1v) is 8.71. The van der Waals surface area contributed by atoms with Gasteiger partial charge in [0.05, 0.1) is 32.5 Å². The van der Waals surface area contributed by atoms with Gasteiger partial charge in [0.25, 0.3) is 0 Å². The van der Waals surface area contributed by atoms with Crippen molar-refractivity contribution in [2.75, 3.05) is 34.9 Å². The third kappa shape index (κ3) is 2.58. The van der Waals surface area contributed by atoms with Crippen LogP contribution in [0, 0.1) is 0 Å². The topological polar surface area (TPSA) is 40.2 Å². The van der Waals surface area contributed by atoms with Crippen LogP contribution in [-0.2, 0) is 19.4 Å². The maximum atomic E-state index is 7.54. The molecule has 0 unspecified atom stereocenters. The average molecular weight is 358 g/mol. The highest BCUT2D eigenvalue weighted by Gasteiger charge is 2.34. The molecule has 0 N–H and O–H groups in total. The van der Waals surface area contributed by atoms with Crippen LogP contribution in [-0.4, -0.2) is 39.8 Å². The van der Waals surface area contributed by atoms with Gasteiger partial charge in [-0.05, 0) is 47.7 Å². The summed E-state index contributed by atoms with van der Waals surface area (Å²) in [5.74, 6) is 2.23. The van der Waals surface area contributed by atoms with Gasteiger partial charge in [-0.3, -0.25) is 4.90 Å². The number of fused-ring (bicyclic) bond motifs is 4. The van der Waals surface area contributed by atoms with Gasteiger partial charge in [-0.1, -0.05) is 6.07 Å². The van der Waals surface area contributed by atoms with Gasteiger partial charge in [-0.2, -0.15) is 0 Å². The third-order valence-electron chi connectivity index (χ3n) is 5.53. The van der Waals surface area contributed by atoms with Crippen molar-refractivity contribution in [3.8, 4) is 23.0 Å². The highest BCUT2D eigenvalue weighted by atomic mass is 16.5. The van der Waals surface area contributed by atoms with Gasteiger partial charge in [-0.25, -0.2) is 0 Å². The molecular weight excluding hydrogens is 330 g/mol. The van der Waals surface area contributed by atoms with Crippen molar-refractivity contribution in [3.05, 3.63) is 46.5 Å². The van der Waals surface area contributed by atoms with E-state index >= 15 is 0 Å². The number of hydrogen-bond donors (Lipinski definition) is 0. The van der Waals surface area contributed by atoms with Gasteiger partial charge < -0.3 is 18.9 Å². The lowest BCUT2D eigenvalue weighted by atomic mass is 9.83. The molecule has 2 heterocycles. The van der Waals surface area contributed by atoms with Gasteiger partial charge in [-0.15, -0.1) is 0 Å². The lowest BCUT2D eigenvalue weighted by Crippen LogP contribution is -2.39. The quantitative estimate of drug-likeness (QED) is 0.838.